The van der Waals surface area contributed by atoms with E-state index in [4.69, 9.17) is 59.6 Å². The zero-order valence-corrected chi connectivity index (χ0v) is 36.4. The topological polar surface area (TPSA) is 266 Å². The van der Waals surface area contributed by atoms with Crippen molar-refractivity contribution in [3.63, 3.8) is 0 Å². The number of phenolic OH excluding ortho intramolecular Hbond substituents is 1. The lowest BCUT2D eigenvalue weighted by molar-refractivity contribution is 0.148. The number of aromatic nitrogens is 4. The second-order valence-corrected chi connectivity index (χ2v) is 16.9. The summed E-state index contributed by atoms with van der Waals surface area (Å²) in [5.74, 6) is -0.273. The first-order valence-corrected chi connectivity index (χ1v) is 21.9. The quantitative estimate of drug-likeness (QED) is 0.0774. The van der Waals surface area contributed by atoms with Crippen molar-refractivity contribution in [2.45, 2.75) is 64.6 Å². The van der Waals surface area contributed by atoms with Crippen molar-refractivity contribution < 1.29 is 44.2 Å². The third kappa shape index (κ3) is 12.1. The summed E-state index contributed by atoms with van der Waals surface area (Å²) in [7, 11) is -8.47. The average molecular weight is 926 g/mol. The maximum absolute atomic E-state index is 11.6. The van der Waals surface area contributed by atoms with Crippen molar-refractivity contribution in [3.8, 4) is 34.4 Å². The fourth-order valence-corrected chi connectivity index (χ4v) is 7.49. The Labute approximate surface area is 367 Å². The van der Waals surface area contributed by atoms with Crippen molar-refractivity contribution >= 4 is 55.2 Å². The highest BCUT2D eigenvalue weighted by Crippen LogP contribution is 2.37. The lowest BCUT2D eigenvalue weighted by Gasteiger charge is -2.21. The van der Waals surface area contributed by atoms with Gasteiger partial charge in [0.15, 0.2) is 0 Å². The van der Waals surface area contributed by atoms with Gasteiger partial charge in [-0.2, -0.15) is 22.0 Å². The minimum atomic E-state index is -4.29. The van der Waals surface area contributed by atoms with Gasteiger partial charge in [-0.15, -0.1) is 20.4 Å². The van der Waals surface area contributed by atoms with E-state index in [0.29, 0.717) is 51.2 Å². The largest absolute Gasteiger partial charge is 0.508 e. The van der Waals surface area contributed by atoms with E-state index < -0.39 is 44.7 Å². The highest BCUT2D eigenvalue weighted by Gasteiger charge is 2.31. The van der Waals surface area contributed by atoms with E-state index in [1.165, 1.54) is 43.3 Å². The minimum Gasteiger partial charge on any atom is -0.508 e. The first-order chi connectivity index (χ1) is 29.2. The van der Waals surface area contributed by atoms with E-state index in [1.54, 1.807) is 44.2 Å². The molecule has 0 amide bonds. The molecular formula is C40H38Cl2N8O10S2. The van der Waals surface area contributed by atoms with Crippen LogP contribution < -0.4 is 14.5 Å². The Hall–Kier alpha value is -5.94. The van der Waals surface area contributed by atoms with Crippen LogP contribution in [-0.4, -0.2) is 59.7 Å². The number of aliphatic hydroxyl groups is 1. The number of hydrogen-bond acceptors (Lipinski definition) is 14. The maximum Gasteiger partial charge on any atom is 0.380 e. The Bertz CT molecular complexity index is 2860. The van der Waals surface area contributed by atoms with Crippen LogP contribution in [0.1, 0.15) is 59.7 Å². The summed E-state index contributed by atoms with van der Waals surface area (Å²) in [6, 6.07) is 18.8. The highest BCUT2D eigenvalue weighted by atomic mass is 35.5. The number of halogens is 2. The number of rotatable bonds is 14. The minimum absolute atomic E-state index is 0.0146. The third-order valence-electron chi connectivity index (χ3n) is 9.46. The third-order valence-corrected chi connectivity index (χ3v) is 11.4. The van der Waals surface area contributed by atoms with Gasteiger partial charge in [0.1, 0.15) is 11.5 Å². The van der Waals surface area contributed by atoms with Gasteiger partial charge in [-0.05, 0) is 111 Å². The second kappa shape index (κ2) is 19.8. The van der Waals surface area contributed by atoms with Crippen molar-refractivity contribution in [3.05, 3.63) is 140 Å². The monoisotopic (exact) mass is 924 g/mol. The molecule has 0 saturated heterocycles. The number of phenols is 1. The molecule has 4 aromatic carbocycles. The molecule has 62 heavy (non-hydrogen) atoms. The molecule has 6 N–H and O–H groups in total. The van der Waals surface area contributed by atoms with E-state index in [9.17, 15) is 27.0 Å². The van der Waals surface area contributed by atoms with Crippen LogP contribution in [0.2, 0.25) is 10.0 Å². The van der Waals surface area contributed by atoms with Crippen LogP contribution in [0.25, 0.3) is 32.6 Å². The van der Waals surface area contributed by atoms with Crippen LogP contribution in [-0.2, 0) is 37.6 Å². The first kappa shape index (κ1) is 47.1. The Kier molecular flexibility index (Phi) is 15.1. The van der Waals surface area contributed by atoms with Gasteiger partial charge in [0, 0.05) is 11.1 Å². The Balaban J connectivity index is 0.000000242. The number of aliphatic hydroxyl groups excluding tert-OH is 1. The van der Waals surface area contributed by atoms with Crippen molar-refractivity contribution in [1.29, 1.82) is 0 Å². The summed E-state index contributed by atoms with van der Waals surface area (Å²) < 4.78 is 66.4. The molecule has 0 unspecified atom stereocenters. The molecule has 0 radical (unpaired) electrons. The fourth-order valence-electron chi connectivity index (χ4n) is 6.10. The lowest BCUT2D eigenvalue weighted by atomic mass is 9.92. The van der Waals surface area contributed by atoms with Gasteiger partial charge < -0.3 is 23.2 Å². The van der Waals surface area contributed by atoms with Crippen LogP contribution in [0.4, 0.5) is 11.4 Å². The van der Waals surface area contributed by atoms with E-state index >= 15 is 0 Å². The number of nitrogens with zero attached hydrogens (tertiary/aromatic N) is 6. The molecular weight excluding hydrogens is 888 g/mol. The average Bonchev–Trinajstić information content (AvgIpc) is 3.90. The summed E-state index contributed by atoms with van der Waals surface area (Å²) in [6.07, 6.45) is -1.10. The molecule has 0 aliphatic carbocycles. The number of benzene rings is 4. The summed E-state index contributed by atoms with van der Waals surface area (Å²) in [5, 5.41) is 46.5. The van der Waals surface area contributed by atoms with Crippen molar-refractivity contribution in [2.24, 2.45) is 10.3 Å². The molecule has 0 saturated carbocycles. The normalized spacial score (nSPS) is 13.5. The maximum atomic E-state index is 11.6. The van der Waals surface area contributed by atoms with Crippen LogP contribution in [0.15, 0.2) is 81.6 Å². The summed E-state index contributed by atoms with van der Waals surface area (Å²) in [5.41, 5.74) is 4.85. The zero-order valence-electron chi connectivity index (χ0n) is 33.2. The first-order valence-electron chi connectivity index (χ1n) is 18.2. The lowest BCUT2D eigenvalue weighted by Crippen LogP contribution is -2.28. The smallest absolute Gasteiger partial charge is 0.380 e. The second-order valence-electron chi connectivity index (χ2n) is 13.8. The fraction of sp³-hybridized carbons (Fsp3) is 0.250. The van der Waals surface area contributed by atoms with Crippen LogP contribution >= 0.6 is 23.2 Å². The van der Waals surface area contributed by atoms with Gasteiger partial charge in [0.05, 0.1) is 47.2 Å². The standard InChI is InChI=1S/C20H20ClN5O7S2.C20H18ClN3O3/c1-11-14(6-9-17(24-3)18(11)21)10-16(12(2)32-34(22,27)28)20-26-25-19(31-20)13-4-7-15(8-5-13)33-35(23,29)30;1-11-14(6-9-17(22-3)18(11)21)10-16(12(2)25)20-24-23-19(27-20)13-4-7-15(26)8-5-13/h4-9,12,16H,10H2,1-2H3,(H2,22,27,28)(H2,23,29,30);4-9,12,16,25-26H,10H2,1-2H3/t2*12-,16+/m00/s1. The number of aromatic hydroxyl groups is 1. The van der Waals surface area contributed by atoms with E-state index in [1.807, 2.05) is 13.0 Å². The molecule has 0 bridgehead atoms. The molecule has 4 atom stereocenters. The van der Waals surface area contributed by atoms with E-state index in [2.05, 4.69) is 34.3 Å². The molecule has 0 aliphatic rings. The van der Waals surface area contributed by atoms with Gasteiger partial charge in [0.25, 0.3) is 0 Å². The van der Waals surface area contributed by atoms with Crippen LogP contribution in [0.5, 0.6) is 11.5 Å². The molecule has 0 spiro atoms. The molecule has 0 fully saturated rings. The Morgan fingerprint density at radius 3 is 1.55 bits per heavy atom. The van der Waals surface area contributed by atoms with E-state index in [0.717, 1.165) is 11.1 Å². The van der Waals surface area contributed by atoms with Crippen LogP contribution in [0.3, 0.4) is 0 Å². The van der Waals surface area contributed by atoms with Gasteiger partial charge in [0.2, 0.25) is 34.9 Å². The van der Waals surface area contributed by atoms with Gasteiger partial charge in [-0.3, -0.25) is 4.18 Å². The molecule has 324 valence electrons. The van der Waals surface area contributed by atoms with Crippen LogP contribution in [0, 0.1) is 27.0 Å². The molecule has 6 rings (SSSR count). The molecule has 22 heteroatoms. The number of nitrogens with two attached hydrogens (primary N) is 2. The van der Waals surface area contributed by atoms with Crippen molar-refractivity contribution in [1.82, 2.24) is 20.4 Å². The molecule has 2 aromatic heterocycles. The number of hydrogen-bond donors (Lipinski definition) is 4. The summed E-state index contributed by atoms with van der Waals surface area (Å²) in [6.45, 7) is 21.1. The molecule has 18 nitrogen and oxygen atoms in total. The Morgan fingerprint density at radius 1 is 0.694 bits per heavy atom. The highest BCUT2D eigenvalue weighted by molar-refractivity contribution is 7.84. The molecule has 6 aromatic rings. The SMILES string of the molecule is [C-]#[N+]c1ccc(C[C@@H](c2nnc(-c3ccc(O)cc3)o2)[C@H](C)O)c(C)c1Cl.[C-]#[N+]c1ccc(C[C@@H](c2nnc(-c3ccc(OS(N)(=O)=O)cc3)o2)[C@H](C)OS(N)(=O)=O)c(C)c1Cl. The summed E-state index contributed by atoms with van der Waals surface area (Å²) in [4.78, 5) is 6.76. The van der Waals surface area contributed by atoms with Gasteiger partial charge in [-0.25, -0.2) is 14.8 Å². The van der Waals surface area contributed by atoms with Crippen molar-refractivity contribution in [2.75, 3.05) is 0 Å². The predicted octanol–water partition coefficient (Wildman–Crippen LogP) is 7.43. The van der Waals surface area contributed by atoms with Gasteiger partial charge in [-0.1, -0.05) is 47.5 Å². The molecule has 2 heterocycles. The zero-order chi connectivity index (χ0) is 45.5. The predicted molar refractivity (Wildman–Crippen MR) is 228 cm³/mol. The van der Waals surface area contributed by atoms with Gasteiger partial charge >= 0.3 is 20.6 Å². The summed E-state index contributed by atoms with van der Waals surface area (Å²) >= 11 is 12.5. The Morgan fingerprint density at radius 2 is 1.13 bits per heavy atom. The van der Waals surface area contributed by atoms with E-state index in [-0.39, 0.29) is 40.4 Å². The molecule has 0 aliphatic heterocycles.